The van der Waals surface area contributed by atoms with Gasteiger partial charge in [-0.1, -0.05) is 29.5 Å². The van der Waals surface area contributed by atoms with Gasteiger partial charge in [0.1, 0.15) is 23.9 Å². The maximum absolute atomic E-state index is 13.0. The second kappa shape index (κ2) is 12.9. The van der Waals surface area contributed by atoms with Crippen LogP contribution in [0.25, 0.3) is 10.2 Å². The summed E-state index contributed by atoms with van der Waals surface area (Å²) >= 11 is 7.83. The first-order valence-corrected chi connectivity index (χ1v) is 14.9. The van der Waals surface area contributed by atoms with Crippen LogP contribution in [0.3, 0.4) is 0 Å². The van der Waals surface area contributed by atoms with Gasteiger partial charge < -0.3 is 24.4 Å². The summed E-state index contributed by atoms with van der Waals surface area (Å²) in [4.78, 5) is 23.5. The van der Waals surface area contributed by atoms with Crippen LogP contribution >= 0.6 is 22.9 Å². The standard InChI is InChI=1S/C30H25ClF3N5O4S/c31-24-14-20(5-7-26(24)42-21-3-1-2-18(12-21)30(32,33)34)38-28-27-25(36-17-37-28)15-23(44-27)6-4-19-13-22(16-35-19)43-29(40)39-8-10-41-11-9-39/h1-3,5,7,12,14-15,17,19,22,35H,8-11,13,16H2,(H,36,37,38). The Morgan fingerprint density at radius 3 is 2.80 bits per heavy atom. The van der Waals surface area contributed by atoms with Crippen molar-refractivity contribution in [2.24, 2.45) is 0 Å². The second-order valence-electron chi connectivity index (χ2n) is 10.0. The first kappa shape index (κ1) is 30.0. The van der Waals surface area contributed by atoms with Crippen LogP contribution < -0.4 is 15.4 Å². The molecule has 0 saturated carbocycles. The molecule has 2 fully saturated rings. The van der Waals surface area contributed by atoms with Crippen molar-refractivity contribution in [3.63, 3.8) is 0 Å². The number of amides is 1. The molecule has 2 aromatic carbocycles. The van der Waals surface area contributed by atoms with Crippen LogP contribution in [0.4, 0.5) is 29.5 Å². The van der Waals surface area contributed by atoms with Gasteiger partial charge in [-0.2, -0.15) is 13.2 Å². The number of fused-ring (bicyclic) bond motifs is 1. The molecule has 9 nitrogen and oxygen atoms in total. The van der Waals surface area contributed by atoms with E-state index in [1.165, 1.54) is 29.8 Å². The van der Waals surface area contributed by atoms with E-state index < -0.39 is 11.7 Å². The topological polar surface area (TPSA) is 97.8 Å². The average Bonchev–Trinajstić information content (AvgIpc) is 3.65. The Morgan fingerprint density at radius 2 is 2.00 bits per heavy atom. The van der Waals surface area contributed by atoms with Crippen molar-refractivity contribution in [3.8, 4) is 23.3 Å². The molecule has 1 amide bonds. The maximum Gasteiger partial charge on any atom is 0.416 e. The van der Waals surface area contributed by atoms with E-state index in [0.717, 1.165) is 21.7 Å². The predicted molar refractivity (Wildman–Crippen MR) is 160 cm³/mol. The molecule has 44 heavy (non-hydrogen) atoms. The number of morpholine rings is 1. The smallest absolute Gasteiger partial charge is 0.416 e. The number of carbonyl (C=O) groups is 1. The van der Waals surface area contributed by atoms with Gasteiger partial charge in [-0.15, -0.1) is 11.3 Å². The SMILES string of the molecule is O=C(OC1CNC(C#Cc2cc3ncnc(Nc4ccc(Oc5cccc(C(F)(F)F)c5)c(Cl)c4)c3s2)C1)N1CCOCC1. The molecule has 2 N–H and O–H groups in total. The monoisotopic (exact) mass is 643 g/mol. The second-order valence-corrected chi connectivity index (χ2v) is 11.5. The first-order chi connectivity index (χ1) is 21.2. The molecule has 2 unspecified atom stereocenters. The quantitative estimate of drug-likeness (QED) is 0.240. The molecule has 4 heterocycles. The van der Waals surface area contributed by atoms with E-state index in [4.69, 9.17) is 25.8 Å². The minimum absolute atomic E-state index is 0.0181. The molecule has 6 rings (SSSR count). The molecule has 2 saturated heterocycles. The molecule has 2 aromatic heterocycles. The zero-order valence-electron chi connectivity index (χ0n) is 23.0. The Hall–Kier alpha value is -4.09. The number of hydrogen-bond donors (Lipinski definition) is 2. The zero-order valence-corrected chi connectivity index (χ0v) is 24.6. The van der Waals surface area contributed by atoms with Crippen molar-refractivity contribution in [1.82, 2.24) is 20.2 Å². The molecule has 14 heteroatoms. The predicted octanol–water partition coefficient (Wildman–Crippen LogP) is 6.45. The molecule has 0 aliphatic carbocycles. The Kier molecular flexibility index (Phi) is 8.76. The third kappa shape index (κ3) is 7.16. The molecular formula is C30H25ClF3N5O4S. The summed E-state index contributed by atoms with van der Waals surface area (Å²) < 4.78 is 56.5. The number of alkyl halides is 3. The van der Waals surface area contributed by atoms with Gasteiger partial charge in [0.25, 0.3) is 0 Å². The van der Waals surface area contributed by atoms with Crippen molar-refractivity contribution in [2.75, 3.05) is 38.2 Å². The fraction of sp³-hybridized carbons (Fsp3) is 0.300. The Bertz CT molecular complexity index is 1740. The molecule has 0 radical (unpaired) electrons. The van der Waals surface area contributed by atoms with Crippen LogP contribution in [-0.4, -0.2) is 66.0 Å². The summed E-state index contributed by atoms with van der Waals surface area (Å²) in [6.45, 7) is 2.64. The van der Waals surface area contributed by atoms with Crippen LogP contribution in [0.15, 0.2) is 54.9 Å². The highest BCUT2D eigenvalue weighted by molar-refractivity contribution is 7.20. The highest BCUT2D eigenvalue weighted by Gasteiger charge is 2.31. The third-order valence-corrected chi connectivity index (χ3v) is 8.23. The third-order valence-electron chi connectivity index (χ3n) is 6.89. The van der Waals surface area contributed by atoms with Crippen molar-refractivity contribution >= 4 is 50.8 Å². The lowest BCUT2D eigenvalue weighted by Gasteiger charge is -2.27. The lowest BCUT2D eigenvalue weighted by Crippen LogP contribution is -2.42. The average molecular weight is 644 g/mol. The first-order valence-electron chi connectivity index (χ1n) is 13.7. The molecule has 4 aromatic rings. The zero-order chi connectivity index (χ0) is 30.7. The van der Waals surface area contributed by atoms with Crippen LogP contribution in [-0.2, 0) is 15.7 Å². The number of hydrogen-bond acceptors (Lipinski definition) is 9. The fourth-order valence-corrected chi connectivity index (χ4v) is 5.83. The van der Waals surface area contributed by atoms with Gasteiger partial charge >= 0.3 is 12.3 Å². The van der Waals surface area contributed by atoms with Crippen molar-refractivity contribution in [3.05, 3.63) is 70.3 Å². The number of carbonyl (C=O) groups excluding carboxylic acids is 1. The molecule has 228 valence electrons. The van der Waals surface area contributed by atoms with Gasteiger partial charge in [-0.05, 0) is 42.5 Å². The number of nitrogens with zero attached hydrogens (tertiary/aromatic N) is 3. The minimum Gasteiger partial charge on any atom is -0.456 e. The summed E-state index contributed by atoms with van der Waals surface area (Å²) in [7, 11) is 0. The molecule has 2 aliphatic rings. The highest BCUT2D eigenvalue weighted by Crippen LogP contribution is 2.37. The van der Waals surface area contributed by atoms with Gasteiger partial charge in [-0.25, -0.2) is 14.8 Å². The Morgan fingerprint density at radius 1 is 1.16 bits per heavy atom. The van der Waals surface area contributed by atoms with E-state index in [-0.39, 0.29) is 34.8 Å². The largest absolute Gasteiger partial charge is 0.456 e. The molecule has 2 atom stereocenters. The number of aromatic nitrogens is 2. The highest BCUT2D eigenvalue weighted by atomic mass is 35.5. The van der Waals surface area contributed by atoms with Gasteiger partial charge in [0.05, 0.1) is 44.9 Å². The van der Waals surface area contributed by atoms with Crippen LogP contribution in [0.2, 0.25) is 5.02 Å². The van der Waals surface area contributed by atoms with E-state index in [1.54, 1.807) is 23.1 Å². The number of halogens is 4. The van der Waals surface area contributed by atoms with E-state index in [1.807, 2.05) is 6.07 Å². The van der Waals surface area contributed by atoms with E-state index in [2.05, 4.69) is 32.4 Å². The van der Waals surface area contributed by atoms with Crippen LogP contribution in [0.5, 0.6) is 11.5 Å². The molecule has 0 spiro atoms. The van der Waals surface area contributed by atoms with E-state index in [9.17, 15) is 18.0 Å². The summed E-state index contributed by atoms with van der Waals surface area (Å²) in [6.07, 6.45) is -3.02. The summed E-state index contributed by atoms with van der Waals surface area (Å²) in [5.41, 5.74) is 0.496. The van der Waals surface area contributed by atoms with Crippen LogP contribution in [0, 0.1) is 11.8 Å². The lowest BCUT2D eigenvalue weighted by atomic mass is 10.2. The minimum atomic E-state index is -4.48. The molecular weight excluding hydrogens is 619 g/mol. The molecule has 0 bridgehead atoms. The van der Waals surface area contributed by atoms with E-state index >= 15 is 0 Å². The summed E-state index contributed by atoms with van der Waals surface area (Å²) in [5.74, 6) is 7.18. The number of thiophene rings is 1. The van der Waals surface area contributed by atoms with Crippen molar-refractivity contribution < 1.29 is 32.2 Å². The Balaban J connectivity index is 1.10. The number of nitrogens with one attached hydrogen (secondary N) is 2. The van der Waals surface area contributed by atoms with Gasteiger partial charge in [0.15, 0.2) is 5.82 Å². The van der Waals surface area contributed by atoms with Gasteiger partial charge in [0.2, 0.25) is 0 Å². The van der Waals surface area contributed by atoms with Crippen molar-refractivity contribution in [1.29, 1.82) is 0 Å². The van der Waals surface area contributed by atoms with Gasteiger partial charge in [-0.3, -0.25) is 5.32 Å². The number of benzene rings is 2. The number of anilines is 2. The maximum atomic E-state index is 13.0. The number of rotatable bonds is 5. The van der Waals surface area contributed by atoms with E-state index in [0.29, 0.717) is 56.3 Å². The lowest BCUT2D eigenvalue weighted by molar-refractivity contribution is -0.137. The Labute approximate surface area is 259 Å². The number of ether oxygens (including phenoxy) is 3. The van der Waals surface area contributed by atoms with Crippen LogP contribution in [0.1, 0.15) is 16.9 Å². The molecule has 2 aliphatic heterocycles. The van der Waals surface area contributed by atoms with Gasteiger partial charge in [0, 0.05) is 31.7 Å². The fourth-order valence-electron chi connectivity index (χ4n) is 4.69. The summed E-state index contributed by atoms with van der Waals surface area (Å²) in [5, 5.41) is 6.72. The normalized spacial score (nSPS) is 18.5. The van der Waals surface area contributed by atoms with Crippen molar-refractivity contribution in [2.45, 2.75) is 24.7 Å². The summed E-state index contributed by atoms with van der Waals surface area (Å²) in [6, 6.07) is 11.2.